The van der Waals surface area contributed by atoms with Gasteiger partial charge >= 0.3 is 0 Å². The van der Waals surface area contributed by atoms with Gasteiger partial charge in [0.15, 0.2) is 0 Å². The molecule has 0 aliphatic heterocycles. The van der Waals surface area contributed by atoms with Gasteiger partial charge in [-0.2, -0.15) is 0 Å². The van der Waals surface area contributed by atoms with Crippen LogP contribution in [0.4, 0.5) is 0 Å². The molecule has 2 atom stereocenters. The average Bonchev–Trinajstić information content (AvgIpc) is 2.87. The van der Waals surface area contributed by atoms with Crippen LogP contribution in [0, 0.1) is 0 Å². The highest BCUT2D eigenvalue weighted by Crippen LogP contribution is 2.35. The van der Waals surface area contributed by atoms with Crippen LogP contribution in [-0.4, -0.2) is 0 Å². The van der Waals surface area contributed by atoms with Gasteiger partial charge < -0.3 is 5.32 Å². The van der Waals surface area contributed by atoms with Crippen molar-refractivity contribution in [3.05, 3.63) is 42.7 Å². The van der Waals surface area contributed by atoms with E-state index in [1.54, 1.807) is 11.3 Å². The molecule has 1 N–H and O–H groups in total. The Balaban J connectivity index is 2.06. The van der Waals surface area contributed by atoms with Gasteiger partial charge in [0.1, 0.15) is 0 Å². The van der Waals surface area contributed by atoms with Crippen molar-refractivity contribution >= 4 is 45.9 Å². The summed E-state index contributed by atoms with van der Waals surface area (Å²) in [5, 5.41) is 5.62. The van der Waals surface area contributed by atoms with Gasteiger partial charge in [0.05, 0.1) is 8.67 Å². The zero-order valence-electron chi connectivity index (χ0n) is 9.54. The molecule has 0 radical (unpaired) electrons. The minimum atomic E-state index is 0.198. The summed E-state index contributed by atoms with van der Waals surface area (Å²) in [6.07, 6.45) is 0. The number of nitrogens with one attached hydrogen (secondary N) is 1. The second-order valence-electron chi connectivity index (χ2n) is 3.91. The van der Waals surface area contributed by atoms with Crippen LogP contribution >= 0.6 is 45.9 Å². The smallest absolute Gasteiger partial charge is 0.0991 e. The summed E-state index contributed by atoms with van der Waals surface area (Å²) >= 11 is 15.3. The Morgan fingerprint density at radius 3 is 2.53 bits per heavy atom. The molecule has 2 aromatic heterocycles. The minimum absolute atomic E-state index is 0.198. The molecule has 0 saturated carbocycles. The van der Waals surface area contributed by atoms with E-state index in [0.717, 1.165) is 14.2 Å². The lowest BCUT2D eigenvalue weighted by Crippen LogP contribution is -2.21. The molecule has 0 saturated heterocycles. The lowest BCUT2D eigenvalue weighted by atomic mass is 10.1. The Morgan fingerprint density at radius 1 is 1.24 bits per heavy atom. The SMILES string of the molecule is CC(N[C@H](C)c1cccs1)c1cc(Cl)sc1Cl. The molecule has 2 aromatic rings. The van der Waals surface area contributed by atoms with Crippen LogP contribution in [-0.2, 0) is 0 Å². The monoisotopic (exact) mass is 305 g/mol. The summed E-state index contributed by atoms with van der Waals surface area (Å²) in [6.45, 7) is 4.26. The van der Waals surface area contributed by atoms with Gasteiger partial charge in [-0.3, -0.25) is 0 Å². The second kappa shape index (κ2) is 5.72. The lowest BCUT2D eigenvalue weighted by molar-refractivity contribution is 0.501. The fourth-order valence-electron chi connectivity index (χ4n) is 1.73. The summed E-state index contributed by atoms with van der Waals surface area (Å²) < 4.78 is 1.51. The quantitative estimate of drug-likeness (QED) is 0.783. The average molecular weight is 306 g/mol. The van der Waals surface area contributed by atoms with Crippen LogP contribution in [0.25, 0.3) is 0 Å². The van der Waals surface area contributed by atoms with Gasteiger partial charge in [-0.05, 0) is 36.9 Å². The van der Waals surface area contributed by atoms with Crippen molar-refractivity contribution in [2.24, 2.45) is 0 Å². The largest absolute Gasteiger partial charge is 0.303 e. The number of rotatable bonds is 4. The summed E-state index contributed by atoms with van der Waals surface area (Å²) in [5.41, 5.74) is 1.07. The summed E-state index contributed by atoms with van der Waals surface area (Å²) in [5.74, 6) is 0. The second-order valence-corrected chi connectivity index (χ2v) is 7.17. The number of thiophene rings is 2. The van der Waals surface area contributed by atoms with Crippen molar-refractivity contribution in [1.82, 2.24) is 5.32 Å². The van der Waals surface area contributed by atoms with E-state index in [-0.39, 0.29) is 6.04 Å². The normalized spacial score (nSPS) is 14.8. The highest BCUT2D eigenvalue weighted by atomic mass is 35.5. The minimum Gasteiger partial charge on any atom is -0.303 e. The molecule has 92 valence electrons. The van der Waals surface area contributed by atoms with Crippen molar-refractivity contribution in [2.45, 2.75) is 25.9 Å². The van der Waals surface area contributed by atoms with E-state index in [2.05, 4.69) is 36.7 Å². The predicted molar refractivity (Wildman–Crippen MR) is 78.6 cm³/mol. The van der Waals surface area contributed by atoms with Gasteiger partial charge in [0.2, 0.25) is 0 Å². The maximum atomic E-state index is 6.14. The molecule has 2 rings (SSSR count). The van der Waals surface area contributed by atoms with Crippen molar-refractivity contribution in [2.75, 3.05) is 0 Å². The fourth-order valence-corrected chi connectivity index (χ4v) is 4.12. The molecular weight excluding hydrogens is 293 g/mol. The first-order valence-corrected chi connectivity index (χ1v) is 7.77. The molecule has 17 heavy (non-hydrogen) atoms. The van der Waals surface area contributed by atoms with E-state index in [0.29, 0.717) is 6.04 Å². The van der Waals surface area contributed by atoms with Crippen molar-refractivity contribution in [1.29, 1.82) is 0 Å². The van der Waals surface area contributed by atoms with Crippen LogP contribution in [0.1, 0.15) is 36.4 Å². The molecule has 1 nitrogen and oxygen atoms in total. The summed E-state index contributed by atoms with van der Waals surface area (Å²) in [6, 6.07) is 6.66. The van der Waals surface area contributed by atoms with Gasteiger partial charge in [0, 0.05) is 17.0 Å². The highest BCUT2D eigenvalue weighted by Gasteiger charge is 2.16. The summed E-state index contributed by atoms with van der Waals surface area (Å²) in [4.78, 5) is 1.33. The lowest BCUT2D eigenvalue weighted by Gasteiger charge is -2.18. The Hall–Kier alpha value is -0.0600. The molecule has 5 heteroatoms. The molecule has 0 aliphatic rings. The van der Waals surface area contributed by atoms with Crippen molar-refractivity contribution in [3.8, 4) is 0 Å². The molecule has 0 fully saturated rings. The zero-order chi connectivity index (χ0) is 12.4. The van der Waals surface area contributed by atoms with Crippen molar-refractivity contribution in [3.63, 3.8) is 0 Å². The van der Waals surface area contributed by atoms with E-state index >= 15 is 0 Å². The van der Waals surface area contributed by atoms with Gasteiger partial charge in [0.25, 0.3) is 0 Å². The Kier molecular flexibility index (Phi) is 4.50. The first-order chi connectivity index (χ1) is 8.08. The number of hydrogen-bond acceptors (Lipinski definition) is 3. The van der Waals surface area contributed by atoms with Crippen LogP contribution in [0.5, 0.6) is 0 Å². The number of hydrogen-bond donors (Lipinski definition) is 1. The van der Waals surface area contributed by atoms with Crippen LogP contribution in [0.3, 0.4) is 0 Å². The van der Waals surface area contributed by atoms with Crippen molar-refractivity contribution < 1.29 is 0 Å². The standard InChI is InChI=1S/C12H13Cl2NS2/c1-7(9-6-11(13)17-12(9)14)15-8(2)10-4-3-5-16-10/h3-8,15H,1-2H3/t7?,8-/m1/s1. The predicted octanol–water partition coefficient (Wildman–Crippen LogP) is 5.53. The van der Waals surface area contributed by atoms with Gasteiger partial charge in [-0.1, -0.05) is 29.3 Å². The fraction of sp³-hybridized carbons (Fsp3) is 0.333. The van der Waals surface area contributed by atoms with E-state index in [1.807, 2.05) is 6.07 Å². The summed E-state index contributed by atoms with van der Waals surface area (Å²) in [7, 11) is 0. The third-order valence-electron chi connectivity index (χ3n) is 2.62. The van der Waals surface area contributed by atoms with Gasteiger partial charge in [-0.25, -0.2) is 0 Å². The Morgan fingerprint density at radius 2 is 2.00 bits per heavy atom. The molecule has 2 heterocycles. The topological polar surface area (TPSA) is 12.0 Å². The third kappa shape index (κ3) is 3.24. The highest BCUT2D eigenvalue weighted by molar-refractivity contribution is 7.20. The van der Waals surface area contributed by atoms with Crippen LogP contribution < -0.4 is 5.32 Å². The molecule has 1 unspecified atom stereocenters. The zero-order valence-corrected chi connectivity index (χ0v) is 12.7. The van der Waals surface area contributed by atoms with Crippen LogP contribution in [0.2, 0.25) is 8.67 Å². The Bertz CT molecular complexity index is 479. The molecule has 0 aliphatic carbocycles. The van der Waals surface area contributed by atoms with Crippen LogP contribution in [0.15, 0.2) is 23.6 Å². The number of halogens is 2. The first kappa shape index (κ1) is 13.4. The Labute approximate surface area is 119 Å². The molecule has 0 spiro atoms. The molecule has 0 amide bonds. The van der Waals surface area contributed by atoms with E-state index in [9.17, 15) is 0 Å². The maximum absolute atomic E-state index is 6.14. The molecular formula is C12H13Cl2NS2. The van der Waals surface area contributed by atoms with E-state index < -0.39 is 0 Å². The molecule has 0 bridgehead atoms. The van der Waals surface area contributed by atoms with Gasteiger partial charge in [-0.15, -0.1) is 22.7 Å². The van der Waals surface area contributed by atoms with E-state index in [4.69, 9.17) is 23.2 Å². The van der Waals surface area contributed by atoms with E-state index in [1.165, 1.54) is 16.2 Å². The molecule has 0 aromatic carbocycles. The first-order valence-electron chi connectivity index (χ1n) is 5.32. The third-order valence-corrected chi connectivity index (χ3v) is 5.19. The maximum Gasteiger partial charge on any atom is 0.0991 e.